The first-order valence-electron chi connectivity index (χ1n) is 11.7. The van der Waals surface area contributed by atoms with Crippen molar-refractivity contribution in [1.29, 1.82) is 5.26 Å². The second-order valence-corrected chi connectivity index (χ2v) is 9.31. The van der Waals surface area contributed by atoms with Crippen LogP contribution in [-0.2, 0) is 16.1 Å². The van der Waals surface area contributed by atoms with Gasteiger partial charge in [0.15, 0.2) is 0 Å². The number of β-amino-alcohol motifs (C(OH)–C–C–N with tert-alkyl or cyclic N) is 1. The topological polar surface area (TPSA) is 95.3 Å². The van der Waals surface area contributed by atoms with E-state index in [1.165, 1.54) is 13.2 Å². The Labute approximate surface area is 215 Å². The molecule has 2 fully saturated rings. The van der Waals surface area contributed by atoms with Crippen LogP contribution < -0.4 is 4.74 Å². The summed E-state index contributed by atoms with van der Waals surface area (Å²) in [5.74, 6) is -0.636. The van der Waals surface area contributed by atoms with E-state index < -0.39 is 11.9 Å². The Balaban J connectivity index is 0.00000304. The monoisotopic (exact) mass is 517 g/mol. The Hall–Kier alpha value is -2.74. The zero-order valence-corrected chi connectivity index (χ0v) is 21.0. The Kier molecular flexibility index (Phi) is 7.83. The molecule has 3 heterocycles. The number of benzene rings is 2. The van der Waals surface area contributed by atoms with Gasteiger partial charge in [-0.1, -0.05) is 6.07 Å². The highest BCUT2D eigenvalue weighted by Gasteiger charge is 2.36. The van der Waals surface area contributed by atoms with Crippen molar-refractivity contribution in [3.63, 3.8) is 0 Å². The highest BCUT2D eigenvalue weighted by molar-refractivity contribution is 5.94. The molecule has 0 aliphatic carbocycles. The summed E-state index contributed by atoms with van der Waals surface area (Å²) in [4.78, 5) is 16.4. The molecular weight excluding hydrogens is 489 g/mol. The molecule has 36 heavy (non-hydrogen) atoms. The van der Waals surface area contributed by atoms with Gasteiger partial charge in [-0.25, -0.2) is 9.18 Å². The van der Waals surface area contributed by atoms with E-state index in [9.17, 15) is 14.3 Å². The molecule has 5 rings (SSSR count). The number of fused-ring (bicyclic) bond motifs is 2. The lowest BCUT2D eigenvalue weighted by Gasteiger charge is -2.46. The van der Waals surface area contributed by atoms with E-state index in [0.717, 1.165) is 42.4 Å². The number of ether oxygens (including phenoxy) is 3. The van der Waals surface area contributed by atoms with Gasteiger partial charge in [-0.3, -0.25) is 9.80 Å². The molecule has 0 aromatic heterocycles. The fourth-order valence-electron chi connectivity index (χ4n) is 5.34. The number of rotatable bonds is 5. The Bertz CT molecular complexity index is 1200. The predicted octanol–water partition coefficient (Wildman–Crippen LogP) is 2.90. The molecule has 0 bridgehead atoms. The summed E-state index contributed by atoms with van der Waals surface area (Å²) in [5.41, 5.74) is 3.95. The number of aliphatic hydroxyl groups is 1. The van der Waals surface area contributed by atoms with Crippen LogP contribution >= 0.6 is 12.4 Å². The summed E-state index contributed by atoms with van der Waals surface area (Å²) in [6.07, 6.45) is -1.12. The largest absolute Gasteiger partial charge is 0.495 e. The molecule has 3 aliphatic heterocycles. The number of aliphatic hydroxyl groups excluding tert-OH is 1. The molecule has 0 spiro atoms. The number of carbonyl (C=O) groups excluding carboxylic acids is 1. The second kappa shape index (κ2) is 10.7. The highest BCUT2D eigenvalue weighted by atomic mass is 35.5. The first-order valence-corrected chi connectivity index (χ1v) is 11.7. The van der Waals surface area contributed by atoms with E-state index in [-0.39, 0.29) is 53.9 Å². The summed E-state index contributed by atoms with van der Waals surface area (Å²) in [6.45, 7) is 6.14. The lowest BCUT2D eigenvalue weighted by molar-refractivity contribution is -0.0940. The molecule has 3 atom stereocenters. The number of nitriles is 1. The van der Waals surface area contributed by atoms with Crippen molar-refractivity contribution >= 4 is 18.4 Å². The van der Waals surface area contributed by atoms with Crippen molar-refractivity contribution in [2.75, 3.05) is 46.4 Å². The summed E-state index contributed by atoms with van der Waals surface area (Å²) in [6, 6.07) is 8.39. The van der Waals surface area contributed by atoms with Crippen molar-refractivity contribution in [3.05, 3.63) is 63.5 Å². The molecule has 2 aromatic carbocycles. The predicted molar refractivity (Wildman–Crippen MR) is 131 cm³/mol. The van der Waals surface area contributed by atoms with Gasteiger partial charge < -0.3 is 19.3 Å². The van der Waals surface area contributed by atoms with Crippen molar-refractivity contribution in [2.45, 2.75) is 31.8 Å². The van der Waals surface area contributed by atoms with Crippen LogP contribution in [0.3, 0.4) is 0 Å². The van der Waals surface area contributed by atoms with Crippen LogP contribution in [0.1, 0.15) is 50.4 Å². The number of carbonyl (C=O) groups is 1. The van der Waals surface area contributed by atoms with E-state index in [4.69, 9.17) is 19.5 Å². The number of hydrogen-bond donors (Lipinski definition) is 1. The fourth-order valence-corrected chi connectivity index (χ4v) is 5.34. The SMILES string of the molecule is COc1cc(C(O)CN2CCN3C[C@@H](c4ccc5c(c4C)COC5=O)OC[C@@H]3C2)c(F)cc1C#N.Cl. The number of nitrogens with zero attached hydrogens (tertiary/aromatic N) is 3. The van der Waals surface area contributed by atoms with E-state index in [1.54, 1.807) is 0 Å². The number of esters is 1. The third-order valence-electron chi connectivity index (χ3n) is 7.36. The van der Waals surface area contributed by atoms with Crippen LogP contribution in [0, 0.1) is 24.1 Å². The maximum Gasteiger partial charge on any atom is 0.338 e. The molecule has 8 nitrogen and oxygen atoms in total. The van der Waals surface area contributed by atoms with E-state index in [2.05, 4.69) is 9.80 Å². The van der Waals surface area contributed by atoms with Crippen molar-refractivity contribution < 1.29 is 28.5 Å². The second-order valence-electron chi connectivity index (χ2n) is 9.31. The van der Waals surface area contributed by atoms with Gasteiger partial charge >= 0.3 is 5.97 Å². The fraction of sp³-hybridized carbons (Fsp3) is 0.462. The summed E-state index contributed by atoms with van der Waals surface area (Å²) >= 11 is 0. The van der Waals surface area contributed by atoms with Gasteiger partial charge in [-0.2, -0.15) is 5.26 Å². The summed E-state index contributed by atoms with van der Waals surface area (Å²) < 4.78 is 31.1. The molecule has 0 amide bonds. The van der Waals surface area contributed by atoms with Gasteiger partial charge in [0, 0.05) is 49.9 Å². The van der Waals surface area contributed by atoms with Crippen LogP contribution in [0.2, 0.25) is 0 Å². The van der Waals surface area contributed by atoms with E-state index in [0.29, 0.717) is 25.3 Å². The lowest BCUT2D eigenvalue weighted by Crippen LogP contribution is -2.58. The number of cyclic esters (lactones) is 1. The first kappa shape index (κ1) is 26.3. The Morgan fingerprint density at radius 3 is 2.86 bits per heavy atom. The molecule has 1 unspecified atom stereocenters. The lowest BCUT2D eigenvalue weighted by atomic mass is 9.94. The molecule has 2 saturated heterocycles. The highest BCUT2D eigenvalue weighted by Crippen LogP contribution is 2.34. The molecule has 10 heteroatoms. The van der Waals surface area contributed by atoms with Crippen LogP contribution in [0.25, 0.3) is 0 Å². The first-order chi connectivity index (χ1) is 16.9. The number of morpholine rings is 1. The van der Waals surface area contributed by atoms with Crippen molar-refractivity contribution in [1.82, 2.24) is 9.80 Å². The Morgan fingerprint density at radius 1 is 1.31 bits per heavy atom. The standard InChI is InChI=1S/C26H28FN3O5.ClH/c1-15-18(3-4-19-21(15)14-35-26(19)32)25-12-30-6-5-29(10-17(30)13-34-25)11-23(31)20-8-24(33-2)16(9-28)7-22(20)27;/h3-4,7-8,17,23,25,31H,5-6,10-14H2,1-2H3;1H/t17-,23?,25-;/m0./s1. The smallest absolute Gasteiger partial charge is 0.338 e. The van der Waals surface area contributed by atoms with Gasteiger partial charge in [-0.15, -0.1) is 12.4 Å². The quantitative estimate of drug-likeness (QED) is 0.605. The number of piperazine rings is 1. The van der Waals surface area contributed by atoms with Crippen molar-refractivity contribution in [3.8, 4) is 11.8 Å². The normalized spacial score (nSPS) is 22.6. The van der Waals surface area contributed by atoms with Gasteiger partial charge in [-0.05, 0) is 36.2 Å². The molecule has 1 N–H and O–H groups in total. The van der Waals surface area contributed by atoms with Crippen LogP contribution in [-0.4, -0.2) is 73.4 Å². The zero-order chi connectivity index (χ0) is 24.7. The minimum absolute atomic E-state index is 0. The average molecular weight is 518 g/mol. The Morgan fingerprint density at radius 2 is 2.11 bits per heavy atom. The molecule has 0 saturated carbocycles. The van der Waals surface area contributed by atoms with E-state index in [1.807, 2.05) is 25.1 Å². The number of methoxy groups -OCH3 is 1. The van der Waals surface area contributed by atoms with E-state index >= 15 is 0 Å². The van der Waals surface area contributed by atoms with Gasteiger partial charge in [0.05, 0.1) is 37.1 Å². The molecule has 2 aromatic rings. The van der Waals surface area contributed by atoms with Gasteiger partial charge in [0.25, 0.3) is 0 Å². The third-order valence-corrected chi connectivity index (χ3v) is 7.36. The molecular formula is C26H29ClFN3O5. The van der Waals surface area contributed by atoms with Gasteiger partial charge in [0.2, 0.25) is 0 Å². The molecule has 3 aliphatic rings. The summed E-state index contributed by atoms with van der Waals surface area (Å²) in [5, 5.41) is 19.9. The molecule has 0 radical (unpaired) electrons. The van der Waals surface area contributed by atoms with Crippen molar-refractivity contribution in [2.24, 2.45) is 0 Å². The number of hydrogen-bond acceptors (Lipinski definition) is 8. The minimum Gasteiger partial charge on any atom is -0.495 e. The minimum atomic E-state index is -1.04. The maximum atomic E-state index is 14.5. The third kappa shape index (κ3) is 4.80. The average Bonchev–Trinajstić information content (AvgIpc) is 3.25. The van der Waals surface area contributed by atoms with Crippen LogP contribution in [0.5, 0.6) is 5.75 Å². The molecule has 192 valence electrons. The van der Waals surface area contributed by atoms with Crippen LogP contribution in [0.15, 0.2) is 24.3 Å². The summed E-state index contributed by atoms with van der Waals surface area (Å²) in [7, 11) is 1.41. The maximum absolute atomic E-state index is 14.5. The zero-order valence-electron chi connectivity index (χ0n) is 20.2. The number of halogens is 2. The van der Waals surface area contributed by atoms with Gasteiger partial charge in [0.1, 0.15) is 24.2 Å². The van der Waals surface area contributed by atoms with Crippen LogP contribution in [0.4, 0.5) is 4.39 Å².